The van der Waals surface area contributed by atoms with Gasteiger partial charge in [-0.25, -0.2) is 0 Å². The Hall–Kier alpha value is 6.37. The van der Waals surface area contributed by atoms with Gasteiger partial charge in [-0.15, -0.1) is 23.2 Å². The predicted molar refractivity (Wildman–Crippen MR) is 54.6 cm³/mol. The van der Waals surface area contributed by atoms with E-state index in [0.29, 0.717) is 0 Å². The molecule has 7 N–H and O–H groups in total. The minimum atomic E-state index is -1.44. The molecule has 0 heterocycles. The Bertz CT molecular complexity index is 193. The van der Waals surface area contributed by atoms with Crippen molar-refractivity contribution in [1.29, 1.82) is 0 Å². The number of carbonyl (C=O) groups is 3. The number of alkyl halides is 2. The Balaban J connectivity index is -0.00000000447. The molecule has 0 rings (SSSR count). The zero-order valence-corrected chi connectivity index (χ0v) is 33.9. The van der Waals surface area contributed by atoms with E-state index >= 15 is 0 Å². The first kappa shape index (κ1) is 113. The molecule has 0 aromatic rings. The van der Waals surface area contributed by atoms with Crippen molar-refractivity contribution in [3.63, 3.8) is 0 Å². The number of rotatable bonds is 3. The van der Waals surface area contributed by atoms with E-state index in [1.165, 1.54) is 0 Å². The number of aliphatic hydroxyl groups is 1. The van der Waals surface area contributed by atoms with Crippen molar-refractivity contribution in [1.82, 2.24) is 0 Å². The van der Waals surface area contributed by atoms with E-state index in [0.717, 1.165) is 0 Å². The standard InChI is InChI=1S/2C2H3ClO2.C2H4O3.2ClH.7Na.4H2O/c3*3-1-2(4)5;;;;;;;;;;;;;/h2*1H2,(H,4,5);3H,1H2,(H,4,5);2*1H;;;;;;;;4*1H2/q;;;;;7*+1;;;;/p-7. The maximum Gasteiger partial charge on any atom is 1.00 e. The van der Waals surface area contributed by atoms with E-state index in [2.05, 4.69) is 23.2 Å². The van der Waals surface area contributed by atoms with E-state index in [4.69, 9.17) is 34.8 Å². The summed E-state index contributed by atoms with van der Waals surface area (Å²) in [6, 6.07) is 0. The molecule has 28 heavy (non-hydrogen) atoms. The Kier molecular flexibility index (Phi) is 420. The fraction of sp³-hybridized carbons (Fsp3) is 0.500. The number of aliphatic hydroxyl groups excluding tert-OH is 1. The first-order valence-corrected chi connectivity index (χ1v) is 4.21. The van der Waals surface area contributed by atoms with Crippen molar-refractivity contribution in [2.24, 2.45) is 0 Å². The molecule has 22 heteroatoms. The van der Waals surface area contributed by atoms with Gasteiger partial charge in [0, 0.05) is 0 Å². The molecule has 0 fully saturated rings. The molecule has 0 aromatic heterocycles. The quantitative estimate of drug-likeness (QED) is 0.252. The van der Waals surface area contributed by atoms with Crippen LogP contribution < -0.4 is 247 Å². The van der Waals surface area contributed by atoms with Gasteiger partial charge >= 0.3 is 207 Å². The minimum absolute atomic E-state index is 0. The third-order valence-corrected chi connectivity index (χ3v) is 0.784. The third kappa shape index (κ3) is 208. The first-order chi connectivity index (χ1) is 6.81. The third-order valence-electron chi connectivity index (χ3n) is 0.347. The summed E-state index contributed by atoms with van der Waals surface area (Å²) in [7, 11) is 0. The van der Waals surface area contributed by atoms with Crippen LogP contribution >= 0.6 is 23.2 Å². The summed E-state index contributed by atoms with van der Waals surface area (Å²) in [5.74, 6) is -4.73. The van der Waals surface area contributed by atoms with E-state index in [1.807, 2.05) is 0 Å². The average molecular weight is 564 g/mol. The number of hydrogen-bond acceptors (Lipinski definition) is 9. The molecule has 11 nitrogen and oxygen atoms in total. The second-order valence-electron chi connectivity index (χ2n) is 1.54. The van der Waals surface area contributed by atoms with E-state index in [1.54, 1.807) is 0 Å². The van der Waals surface area contributed by atoms with Crippen LogP contribution in [0.1, 0.15) is 0 Å². The van der Waals surface area contributed by atoms with Crippen LogP contribution in [0.5, 0.6) is 0 Å². The number of halogens is 4. The van der Waals surface area contributed by atoms with E-state index in [-0.39, 0.29) is 254 Å². The van der Waals surface area contributed by atoms with Gasteiger partial charge in [0.2, 0.25) is 0 Å². The van der Waals surface area contributed by atoms with Crippen LogP contribution in [0.4, 0.5) is 0 Å². The normalized spacial score (nSPS) is 3.96. The molecule has 0 unspecified atom stereocenters. The fourth-order valence-corrected chi connectivity index (χ4v) is 0. The summed E-state index contributed by atoms with van der Waals surface area (Å²) in [5, 5.41) is 34.7. The van der Waals surface area contributed by atoms with Gasteiger partial charge in [-0.3, -0.25) is 0 Å². The summed E-state index contributed by atoms with van der Waals surface area (Å²) >= 11 is 9.35. The van der Waals surface area contributed by atoms with Gasteiger partial charge in [-0.05, 0) is 0 Å². The second kappa shape index (κ2) is 104. The maximum absolute atomic E-state index is 9.12. The van der Waals surface area contributed by atoms with Crippen molar-refractivity contribution >= 4 is 41.1 Å². The number of carboxylic acids is 3. The SMILES string of the molecule is O.O.O=C([O-])CCl.O=C([O-])CCl.O=C([O-])CO.[Cl-].[Cl-].[Na+].[Na+].[Na+].[Na+].[Na+].[Na+].[Na+].[OH-].[OH-]. The zero-order chi connectivity index (χ0) is 12.9. The van der Waals surface area contributed by atoms with Gasteiger partial charge in [-0.1, -0.05) is 0 Å². The molecule has 0 aliphatic carbocycles. The van der Waals surface area contributed by atoms with Crippen LogP contribution in [0.3, 0.4) is 0 Å². The smallest absolute Gasteiger partial charge is 1.00 e. The van der Waals surface area contributed by atoms with Crippen molar-refractivity contribution in [2.45, 2.75) is 0 Å². The number of hydrogen-bond donors (Lipinski definition) is 1. The van der Waals surface area contributed by atoms with Gasteiger partial charge in [-0.2, -0.15) is 0 Å². The molecule has 0 aliphatic heterocycles. The summed E-state index contributed by atoms with van der Waals surface area (Å²) in [6.07, 6.45) is 0. The second-order valence-corrected chi connectivity index (χ2v) is 2.08. The van der Waals surface area contributed by atoms with Crippen molar-refractivity contribution in [3.8, 4) is 0 Å². The van der Waals surface area contributed by atoms with E-state index < -0.39 is 36.3 Å². The number of carbonyl (C=O) groups excluding carboxylic acids is 3. The fourth-order valence-electron chi connectivity index (χ4n) is 0. The average Bonchev–Trinajstić information content (AvgIpc) is 2.19. The number of carboxylic acid groups (broad SMARTS) is 3. The summed E-state index contributed by atoms with van der Waals surface area (Å²) in [6.45, 7) is -0.889. The Morgan fingerprint density at radius 3 is 0.679 bits per heavy atom. The Morgan fingerprint density at radius 2 is 0.679 bits per heavy atom. The zero-order valence-electron chi connectivity index (χ0n) is 16.9. The molecule has 0 aliphatic rings. The van der Waals surface area contributed by atoms with Crippen LogP contribution in [0.2, 0.25) is 0 Å². The van der Waals surface area contributed by atoms with Crippen molar-refractivity contribution in [3.05, 3.63) is 0 Å². The molecule has 0 saturated heterocycles. The van der Waals surface area contributed by atoms with Crippen LogP contribution in [0.25, 0.3) is 0 Å². The summed E-state index contributed by atoms with van der Waals surface area (Å²) in [5.41, 5.74) is 0. The Morgan fingerprint density at radius 1 is 0.607 bits per heavy atom. The summed E-state index contributed by atoms with van der Waals surface area (Å²) in [4.78, 5) is 27.3. The predicted octanol–water partition coefficient (Wildman–Crippen LogP) is -33.3. The molecule has 138 valence electrons. The topological polar surface area (TPSA) is 264 Å². The van der Waals surface area contributed by atoms with Crippen molar-refractivity contribution < 1.29 is 288 Å². The van der Waals surface area contributed by atoms with E-state index in [9.17, 15) is 0 Å². The largest absolute Gasteiger partial charge is 1.00 e. The van der Waals surface area contributed by atoms with Gasteiger partial charge in [0.05, 0.1) is 36.3 Å². The van der Waals surface area contributed by atoms with Crippen molar-refractivity contribution in [2.75, 3.05) is 18.4 Å². The van der Waals surface area contributed by atoms with Gasteiger partial charge in [0.1, 0.15) is 0 Å². The molecule has 0 bridgehead atoms. The molecular weight excluding hydrogens is 551 g/mol. The maximum atomic E-state index is 9.12. The molecule has 0 atom stereocenters. The van der Waals surface area contributed by atoms with Crippen LogP contribution in [0, 0.1) is 0 Å². The molecule has 0 spiro atoms. The summed E-state index contributed by atoms with van der Waals surface area (Å²) < 4.78 is 0. The minimum Gasteiger partial charge on any atom is -1.00 e. The van der Waals surface area contributed by atoms with Gasteiger partial charge < -0.3 is 81.5 Å². The van der Waals surface area contributed by atoms with Crippen LogP contribution in [-0.2, 0) is 14.4 Å². The molecule has 0 amide bonds. The monoisotopic (exact) mass is 562 g/mol. The number of aliphatic carboxylic acids is 3. The Labute approximate surface area is 340 Å². The molecular formula is C6H13Cl4Na7O11. The van der Waals surface area contributed by atoms with Crippen LogP contribution in [-0.4, -0.2) is 63.3 Å². The molecule has 0 aromatic carbocycles. The molecule has 0 radical (unpaired) electrons. The first-order valence-electron chi connectivity index (χ1n) is 3.14. The molecule has 0 saturated carbocycles. The van der Waals surface area contributed by atoms with Gasteiger partial charge in [0.15, 0.2) is 0 Å². The van der Waals surface area contributed by atoms with Crippen LogP contribution in [0.15, 0.2) is 0 Å². The van der Waals surface area contributed by atoms with Gasteiger partial charge in [0.25, 0.3) is 0 Å².